The van der Waals surface area contributed by atoms with E-state index in [-0.39, 0.29) is 11.6 Å². The number of ether oxygens (including phenoxy) is 1. The number of H-pyrrole nitrogens is 1. The molecule has 0 aliphatic heterocycles. The average molecular weight is 300 g/mol. The van der Waals surface area contributed by atoms with Crippen molar-refractivity contribution in [3.05, 3.63) is 45.2 Å². The monoisotopic (exact) mass is 299 g/mol. The van der Waals surface area contributed by atoms with Crippen LogP contribution in [-0.4, -0.2) is 9.97 Å². The molecular formula is C10H7BrFN3O2. The maximum absolute atomic E-state index is 12.8. The van der Waals surface area contributed by atoms with E-state index in [0.29, 0.717) is 10.2 Å². The number of nitrogen functional groups attached to an aromatic ring is 1. The summed E-state index contributed by atoms with van der Waals surface area (Å²) in [7, 11) is 0. The number of anilines is 1. The third-order valence-corrected chi connectivity index (χ3v) is 2.57. The lowest BCUT2D eigenvalue weighted by atomic mass is 10.3. The minimum absolute atomic E-state index is 0.0268. The van der Waals surface area contributed by atoms with Crippen LogP contribution in [0.4, 0.5) is 10.1 Å². The number of halogens is 2. The van der Waals surface area contributed by atoms with Gasteiger partial charge in [0.15, 0.2) is 5.69 Å². The Morgan fingerprint density at radius 2 is 2.24 bits per heavy atom. The molecule has 2 rings (SSSR count). The molecule has 0 bridgehead atoms. The van der Waals surface area contributed by atoms with Gasteiger partial charge in [-0.1, -0.05) is 0 Å². The van der Waals surface area contributed by atoms with Gasteiger partial charge in [-0.25, -0.2) is 9.37 Å². The number of hydrogen-bond donors (Lipinski definition) is 2. The van der Waals surface area contributed by atoms with Crippen molar-refractivity contribution in [2.45, 2.75) is 0 Å². The molecule has 0 amide bonds. The van der Waals surface area contributed by atoms with Crippen LogP contribution in [0.3, 0.4) is 0 Å². The van der Waals surface area contributed by atoms with Gasteiger partial charge in [-0.05, 0) is 34.1 Å². The van der Waals surface area contributed by atoms with E-state index in [2.05, 4.69) is 25.9 Å². The number of aromatic nitrogens is 2. The molecule has 0 saturated heterocycles. The van der Waals surface area contributed by atoms with Crippen molar-refractivity contribution in [2.24, 2.45) is 0 Å². The van der Waals surface area contributed by atoms with Crippen LogP contribution >= 0.6 is 15.9 Å². The number of hydrogen-bond acceptors (Lipinski definition) is 4. The van der Waals surface area contributed by atoms with Gasteiger partial charge in [-0.2, -0.15) is 0 Å². The van der Waals surface area contributed by atoms with Gasteiger partial charge in [0.1, 0.15) is 11.6 Å². The lowest BCUT2D eigenvalue weighted by Gasteiger charge is -2.07. The Bertz CT molecular complexity index is 615. The van der Waals surface area contributed by atoms with Crippen LogP contribution in [0.5, 0.6) is 11.6 Å². The molecule has 0 atom stereocenters. The third-order valence-electron chi connectivity index (χ3n) is 1.95. The normalized spacial score (nSPS) is 10.2. The van der Waals surface area contributed by atoms with Gasteiger partial charge < -0.3 is 15.5 Å². The molecule has 0 aliphatic carbocycles. The van der Waals surface area contributed by atoms with Crippen LogP contribution < -0.4 is 16.0 Å². The van der Waals surface area contributed by atoms with Crippen LogP contribution in [0.15, 0.2) is 33.8 Å². The summed E-state index contributed by atoms with van der Waals surface area (Å²) in [5.74, 6) is -0.117. The van der Waals surface area contributed by atoms with Crippen LogP contribution in [0.1, 0.15) is 0 Å². The fourth-order valence-electron chi connectivity index (χ4n) is 1.14. The van der Waals surface area contributed by atoms with Crippen molar-refractivity contribution >= 4 is 21.6 Å². The summed E-state index contributed by atoms with van der Waals surface area (Å²) in [6.45, 7) is 0. The Labute approximate surface area is 104 Å². The molecule has 3 N–H and O–H groups in total. The maximum Gasteiger partial charge on any atom is 0.277 e. The van der Waals surface area contributed by atoms with Crippen molar-refractivity contribution < 1.29 is 9.13 Å². The first-order chi connectivity index (χ1) is 8.08. The van der Waals surface area contributed by atoms with Crippen LogP contribution in [0.25, 0.3) is 0 Å². The van der Waals surface area contributed by atoms with Crippen molar-refractivity contribution in [1.29, 1.82) is 0 Å². The van der Waals surface area contributed by atoms with Gasteiger partial charge in [0, 0.05) is 0 Å². The molecule has 17 heavy (non-hydrogen) atoms. The first-order valence-electron chi connectivity index (χ1n) is 4.54. The zero-order chi connectivity index (χ0) is 12.4. The van der Waals surface area contributed by atoms with E-state index in [0.717, 1.165) is 0 Å². The SMILES string of the molecule is Nc1c(Oc2ccc(F)cc2Br)nc[nH]c1=O. The highest BCUT2D eigenvalue weighted by Crippen LogP contribution is 2.30. The van der Waals surface area contributed by atoms with E-state index in [1.54, 1.807) is 0 Å². The molecule has 1 heterocycles. The quantitative estimate of drug-likeness (QED) is 0.889. The summed E-state index contributed by atoms with van der Waals surface area (Å²) < 4.78 is 18.6. The molecule has 1 aromatic heterocycles. The van der Waals surface area contributed by atoms with Gasteiger partial charge in [-0.15, -0.1) is 0 Å². The van der Waals surface area contributed by atoms with E-state index in [9.17, 15) is 9.18 Å². The zero-order valence-corrected chi connectivity index (χ0v) is 9.99. The van der Waals surface area contributed by atoms with Crippen molar-refractivity contribution in [1.82, 2.24) is 9.97 Å². The van der Waals surface area contributed by atoms with Crippen LogP contribution in [0.2, 0.25) is 0 Å². The van der Waals surface area contributed by atoms with Crippen LogP contribution in [-0.2, 0) is 0 Å². The van der Waals surface area contributed by atoms with Gasteiger partial charge in [0.2, 0.25) is 5.88 Å². The number of nitrogens with two attached hydrogens (primary N) is 1. The molecule has 0 aliphatic rings. The minimum Gasteiger partial charge on any atom is -0.436 e. The smallest absolute Gasteiger partial charge is 0.277 e. The molecule has 0 spiro atoms. The van der Waals surface area contributed by atoms with Crippen molar-refractivity contribution in [2.75, 3.05) is 5.73 Å². The Balaban J connectivity index is 2.38. The highest BCUT2D eigenvalue weighted by atomic mass is 79.9. The van der Waals surface area contributed by atoms with Gasteiger partial charge in [0.25, 0.3) is 5.56 Å². The number of nitrogens with zero attached hydrogens (tertiary/aromatic N) is 1. The Morgan fingerprint density at radius 3 is 2.94 bits per heavy atom. The molecule has 0 saturated carbocycles. The summed E-state index contributed by atoms with van der Waals surface area (Å²) in [4.78, 5) is 17.3. The second-order valence-corrected chi connectivity index (χ2v) is 3.98. The highest BCUT2D eigenvalue weighted by Gasteiger charge is 2.09. The standard InChI is InChI=1S/C10H7BrFN3O2/c11-6-3-5(12)1-2-7(6)17-10-8(13)9(16)14-4-15-10/h1-4H,13H2,(H,14,15,16). The lowest BCUT2D eigenvalue weighted by Crippen LogP contribution is -2.13. The van der Waals surface area contributed by atoms with Crippen molar-refractivity contribution in [3.8, 4) is 11.6 Å². The molecule has 2 aromatic rings. The number of aromatic amines is 1. The summed E-state index contributed by atoms with van der Waals surface area (Å²) in [5, 5.41) is 0. The zero-order valence-electron chi connectivity index (χ0n) is 8.41. The van der Waals surface area contributed by atoms with Gasteiger partial charge >= 0.3 is 0 Å². The Hall–Kier alpha value is -1.89. The fourth-order valence-corrected chi connectivity index (χ4v) is 1.57. The Kier molecular flexibility index (Phi) is 3.10. The summed E-state index contributed by atoms with van der Waals surface area (Å²) in [6.07, 6.45) is 1.17. The topological polar surface area (TPSA) is 81.0 Å². The van der Waals surface area contributed by atoms with E-state index in [1.165, 1.54) is 24.5 Å². The van der Waals surface area contributed by atoms with E-state index in [1.807, 2.05) is 0 Å². The predicted molar refractivity (Wildman–Crippen MR) is 63.4 cm³/mol. The van der Waals surface area contributed by atoms with Crippen molar-refractivity contribution in [3.63, 3.8) is 0 Å². The average Bonchev–Trinajstić information content (AvgIpc) is 2.28. The highest BCUT2D eigenvalue weighted by molar-refractivity contribution is 9.10. The van der Waals surface area contributed by atoms with E-state index < -0.39 is 11.4 Å². The molecule has 88 valence electrons. The molecule has 0 radical (unpaired) electrons. The number of rotatable bonds is 2. The van der Waals surface area contributed by atoms with Gasteiger partial charge in [-0.3, -0.25) is 4.79 Å². The largest absolute Gasteiger partial charge is 0.436 e. The van der Waals surface area contributed by atoms with E-state index in [4.69, 9.17) is 10.5 Å². The molecule has 5 nitrogen and oxygen atoms in total. The molecule has 1 aromatic carbocycles. The molecule has 0 unspecified atom stereocenters. The molecular weight excluding hydrogens is 293 g/mol. The summed E-state index contributed by atoms with van der Waals surface area (Å²) >= 11 is 3.13. The van der Waals surface area contributed by atoms with Gasteiger partial charge in [0.05, 0.1) is 10.8 Å². The maximum atomic E-state index is 12.8. The first-order valence-corrected chi connectivity index (χ1v) is 5.33. The van der Waals surface area contributed by atoms with E-state index >= 15 is 0 Å². The predicted octanol–water partition coefficient (Wildman–Crippen LogP) is 2.05. The summed E-state index contributed by atoms with van der Waals surface area (Å²) in [6, 6.07) is 3.86. The second kappa shape index (κ2) is 4.54. The molecule has 0 fully saturated rings. The third kappa shape index (κ3) is 2.44. The summed E-state index contributed by atoms with van der Waals surface area (Å²) in [5.41, 5.74) is 4.86. The molecule has 7 heteroatoms. The lowest BCUT2D eigenvalue weighted by molar-refractivity contribution is 0.458. The number of benzene rings is 1. The minimum atomic E-state index is -0.492. The fraction of sp³-hybridized carbons (Fsp3) is 0. The second-order valence-electron chi connectivity index (χ2n) is 3.13. The Morgan fingerprint density at radius 1 is 1.47 bits per heavy atom. The number of nitrogens with one attached hydrogen (secondary N) is 1. The first kappa shape index (κ1) is 11.6. The van der Waals surface area contributed by atoms with Crippen LogP contribution in [0, 0.1) is 5.82 Å².